The second kappa shape index (κ2) is 3.37. The van der Waals surface area contributed by atoms with E-state index in [1.54, 1.807) is 6.92 Å². The number of benzene rings is 1. The van der Waals surface area contributed by atoms with Crippen LogP contribution in [-0.4, -0.2) is 11.8 Å². The molecule has 1 aromatic carbocycles. The zero-order valence-electron chi connectivity index (χ0n) is 7.45. The van der Waals surface area contributed by atoms with Gasteiger partial charge in [0.2, 0.25) is 0 Å². The summed E-state index contributed by atoms with van der Waals surface area (Å²) < 4.78 is 0. The molecule has 0 bridgehead atoms. The van der Waals surface area contributed by atoms with Crippen LogP contribution < -0.4 is 5.32 Å². The Labute approximate surface area is 100 Å². The molecule has 0 fully saturated rings. The highest BCUT2D eigenvalue weighted by atomic mass is 35.5. The number of carbonyl (C=O) groups is 2. The van der Waals surface area contributed by atoms with Crippen molar-refractivity contribution in [1.29, 1.82) is 0 Å². The van der Waals surface area contributed by atoms with Crippen LogP contribution in [0.15, 0.2) is 0 Å². The predicted octanol–water partition coefficient (Wildman–Crippen LogP) is 2.84. The molecule has 0 radical (unpaired) electrons. The van der Waals surface area contributed by atoms with Crippen molar-refractivity contribution in [2.24, 2.45) is 0 Å². The third-order valence-corrected chi connectivity index (χ3v) is 3.66. The molecule has 3 nitrogen and oxygen atoms in total. The highest BCUT2D eigenvalue weighted by Gasteiger charge is 2.34. The van der Waals surface area contributed by atoms with Crippen molar-refractivity contribution in [3.63, 3.8) is 0 Å². The van der Waals surface area contributed by atoms with Crippen molar-refractivity contribution in [2.75, 3.05) is 0 Å². The van der Waals surface area contributed by atoms with Gasteiger partial charge in [0.05, 0.1) is 26.2 Å². The molecule has 0 aliphatic carbocycles. The van der Waals surface area contributed by atoms with Gasteiger partial charge in [0.25, 0.3) is 11.8 Å². The number of hydrogen-bond acceptors (Lipinski definition) is 2. The lowest BCUT2D eigenvalue weighted by Crippen LogP contribution is -2.20. The number of imide groups is 1. The maximum Gasteiger partial charge on any atom is 0.260 e. The van der Waals surface area contributed by atoms with Crippen LogP contribution >= 0.6 is 34.8 Å². The quantitative estimate of drug-likeness (QED) is 0.578. The molecule has 1 aliphatic rings. The Bertz CT molecular complexity index is 466. The number of halogens is 3. The summed E-state index contributed by atoms with van der Waals surface area (Å²) in [5, 5.41) is 2.45. The lowest BCUT2D eigenvalue weighted by Gasteiger charge is -2.07. The minimum absolute atomic E-state index is 0.0191. The first-order chi connectivity index (χ1) is 6.95. The molecule has 0 spiro atoms. The summed E-state index contributed by atoms with van der Waals surface area (Å²) >= 11 is 17.5. The highest BCUT2D eigenvalue weighted by Crippen LogP contribution is 2.39. The van der Waals surface area contributed by atoms with E-state index < -0.39 is 11.8 Å². The first-order valence-corrected chi connectivity index (χ1v) is 5.11. The Morgan fingerprint density at radius 1 is 0.867 bits per heavy atom. The minimum atomic E-state index is -0.540. The molecule has 0 saturated heterocycles. The van der Waals surface area contributed by atoms with Crippen LogP contribution in [-0.2, 0) is 0 Å². The van der Waals surface area contributed by atoms with Gasteiger partial charge in [-0.3, -0.25) is 14.9 Å². The van der Waals surface area contributed by atoms with Crippen molar-refractivity contribution in [1.82, 2.24) is 5.32 Å². The fraction of sp³-hybridized carbons (Fsp3) is 0.111. The van der Waals surface area contributed by atoms with E-state index in [1.807, 2.05) is 0 Å². The van der Waals surface area contributed by atoms with Gasteiger partial charge in [-0.05, 0) is 12.5 Å². The Morgan fingerprint density at radius 2 is 1.40 bits per heavy atom. The van der Waals surface area contributed by atoms with E-state index in [0.717, 1.165) is 0 Å². The molecule has 2 rings (SSSR count). The standard InChI is InChI=1S/C9H4Cl3NO2/c1-2-3-4(9(15)13-8(3)14)6(11)7(12)5(2)10/h1H3,(H,13,14,15). The van der Waals surface area contributed by atoms with Gasteiger partial charge in [0.15, 0.2) is 0 Å². The topological polar surface area (TPSA) is 46.2 Å². The number of nitrogens with one attached hydrogen (secondary N) is 1. The third-order valence-electron chi connectivity index (χ3n) is 2.24. The molecule has 1 N–H and O–H groups in total. The molecule has 0 aromatic heterocycles. The maximum atomic E-state index is 11.4. The zero-order valence-corrected chi connectivity index (χ0v) is 9.72. The molecule has 0 unspecified atom stereocenters. The normalized spacial score (nSPS) is 14.1. The lowest BCUT2D eigenvalue weighted by molar-refractivity contribution is 0.0879. The van der Waals surface area contributed by atoms with Crippen molar-refractivity contribution in [3.05, 3.63) is 31.8 Å². The zero-order chi connectivity index (χ0) is 11.3. The van der Waals surface area contributed by atoms with Gasteiger partial charge in [-0.1, -0.05) is 34.8 Å². The number of rotatable bonds is 0. The van der Waals surface area contributed by atoms with Crippen molar-refractivity contribution < 1.29 is 9.59 Å². The molecule has 15 heavy (non-hydrogen) atoms. The van der Waals surface area contributed by atoms with Crippen molar-refractivity contribution >= 4 is 46.6 Å². The molecule has 0 atom stereocenters. The monoisotopic (exact) mass is 263 g/mol. The predicted molar refractivity (Wildman–Crippen MR) is 58.0 cm³/mol. The molecular formula is C9H4Cl3NO2. The van der Waals surface area contributed by atoms with E-state index in [-0.39, 0.29) is 26.2 Å². The van der Waals surface area contributed by atoms with Crippen LogP contribution in [0.5, 0.6) is 0 Å². The Balaban J connectivity index is 2.92. The van der Waals surface area contributed by atoms with Gasteiger partial charge in [0.1, 0.15) is 0 Å². The Hall–Kier alpha value is -0.770. The van der Waals surface area contributed by atoms with E-state index >= 15 is 0 Å². The molecule has 1 aromatic rings. The summed E-state index contributed by atoms with van der Waals surface area (Å²) in [5.41, 5.74) is 0.775. The van der Waals surface area contributed by atoms with Crippen LogP contribution in [0.2, 0.25) is 15.1 Å². The molecule has 0 saturated carbocycles. The molecule has 1 heterocycles. The minimum Gasteiger partial charge on any atom is -0.288 e. The molecule has 78 valence electrons. The highest BCUT2D eigenvalue weighted by molar-refractivity contribution is 6.51. The lowest BCUT2D eigenvalue weighted by atomic mass is 10.0. The van der Waals surface area contributed by atoms with Crippen LogP contribution in [0.1, 0.15) is 26.3 Å². The van der Waals surface area contributed by atoms with Crippen LogP contribution in [0.4, 0.5) is 0 Å². The fourth-order valence-corrected chi connectivity index (χ4v) is 2.25. The maximum absolute atomic E-state index is 11.4. The molecule has 6 heteroatoms. The largest absolute Gasteiger partial charge is 0.288 e. The number of hydrogen-bond donors (Lipinski definition) is 1. The molecule has 2 amide bonds. The summed E-state index contributed by atoms with van der Waals surface area (Å²) in [5.74, 6) is -1.03. The third kappa shape index (κ3) is 1.34. The summed E-state index contributed by atoms with van der Waals surface area (Å²) in [6.07, 6.45) is 0. The Morgan fingerprint density at radius 3 is 2.00 bits per heavy atom. The number of carbonyl (C=O) groups excluding carboxylic acids is 2. The average Bonchev–Trinajstić information content (AvgIpc) is 2.47. The Kier molecular flexibility index (Phi) is 2.41. The molecule has 1 aliphatic heterocycles. The van der Waals surface area contributed by atoms with Crippen molar-refractivity contribution in [3.8, 4) is 0 Å². The summed E-state index contributed by atoms with van der Waals surface area (Å²) in [4.78, 5) is 22.8. The van der Waals surface area contributed by atoms with Gasteiger partial charge in [0, 0.05) is 0 Å². The second-order valence-corrected chi connectivity index (χ2v) is 4.23. The first-order valence-electron chi connectivity index (χ1n) is 3.98. The summed E-state index contributed by atoms with van der Waals surface area (Å²) in [6.45, 7) is 1.61. The second-order valence-electron chi connectivity index (χ2n) is 3.10. The van der Waals surface area contributed by atoms with Gasteiger partial charge in [-0.2, -0.15) is 0 Å². The average molecular weight is 264 g/mol. The van der Waals surface area contributed by atoms with E-state index in [1.165, 1.54) is 0 Å². The van der Waals surface area contributed by atoms with E-state index in [2.05, 4.69) is 5.32 Å². The van der Waals surface area contributed by atoms with E-state index in [9.17, 15) is 9.59 Å². The fourth-order valence-electron chi connectivity index (χ4n) is 1.50. The summed E-state index contributed by atoms with van der Waals surface area (Å²) in [6, 6.07) is 0. The smallest absolute Gasteiger partial charge is 0.260 e. The number of fused-ring (bicyclic) bond motifs is 1. The van der Waals surface area contributed by atoms with Gasteiger partial charge in [-0.15, -0.1) is 0 Å². The molecular weight excluding hydrogens is 260 g/mol. The summed E-state index contributed by atoms with van der Waals surface area (Å²) in [7, 11) is 0. The van der Waals surface area contributed by atoms with Crippen LogP contribution in [0, 0.1) is 6.92 Å². The SMILES string of the molecule is Cc1c(Cl)c(Cl)c(Cl)c2c1C(=O)NC2=O. The van der Waals surface area contributed by atoms with Gasteiger partial charge >= 0.3 is 0 Å². The van der Waals surface area contributed by atoms with Crippen molar-refractivity contribution in [2.45, 2.75) is 6.92 Å². The van der Waals surface area contributed by atoms with Crippen LogP contribution in [0.25, 0.3) is 0 Å². The first kappa shape index (κ1) is 10.7. The van der Waals surface area contributed by atoms with Crippen LogP contribution in [0.3, 0.4) is 0 Å². The van der Waals surface area contributed by atoms with E-state index in [4.69, 9.17) is 34.8 Å². The number of amides is 2. The van der Waals surface area contributed by atoms with E-state index in [0.29, 0.717) is 5.56 Å². The van der Waals surface area contributed by atoms with Gasteiger partial charge < -0.3 is 0 Å². The van der Waals surface area contributed by atoms with Gasteiger partial charge in [-0.25, -0.2) is 0 Å².